The van der Waals surface area contributed by atoms with Crippen LogP contribution in [-0.2, 0) is 9.47 Å². The van der Waals surface area contributed by atoms with E-state index >= 15 is 0 Å². The standard InChI is InChI=1S/C14H22N2O3/c1-3-5-9-15-13(17)16-14(18-10-4-2)8-6-7-11-12(14)19-11/h6-8,12H,3-5,9-10H2,1-2H3,(H2,15,16,17). The average Bonchev–Trinajstić information content (AvgIpc) is 3.18. The highest BCUT2D eigenvalue weighted by atomic mass is 16.6. The number of fused-ring (bicyclic) bond motifs is 1. The number of hydrogen-bond donors (Lipinski definition) is 2. The summed E-state index contributed by atoms with van der Waals surface area (Å²) in [6, 6.07) is -0.217. The summed E-state index contributed by atoms with van der Waals surface area (Å²) in [7, 11) is 0. The number of allylic oxidation sites excluding steroid dienone is 2. The molecule has 2 amide bonds. The van der Waals surface area contributed by atoms with Crippen LogP contribution in [0.25, 0.3) is 0 Å². The number of nitrogens with one attached hydrogen (secondary N) is 2. The van der Waals surface area contributed by atoms with Gasteiger partial charge >= 0.3 is 6.03 Å². The first kappa shape index (κ1) is 13.9. The molecule has 2 N–H and O–H groups in total. The Morgan fingerprint density at radius 3 is 3.05 bits per heavy atom. The molecule has 1 aliphatic heterocycles. The lowest BCUT2D eigenvalue weighted by atomic mass is 10.0. The zero-order valence-electron chi connectivity index (χ0n) is 11.6. The highest BCUT2D eigenvalue weighted by Crippen LogP contribution is 2.41. The van der Waals surface area contributed by atoms with Crippen LogP contribution in [0.3, 0.4) is 0 Å². The molecule has 0 spiro atoms. The molecule has 19 heavy (non-hydrogen) atoms. The lowest BCUT2D eigenvalue weighted by Gasteiger charge is -2.30. The van der Waals surface area contributed by atoms with Crippen LogP contribution in [0.15, 0.2) is 24.0 Å². The maximum absolute atomic E-state index is 11.9. The van der Waals surface area contributed by atoms with Gasteiger partial charge in [0, 0.05) is 13.2 Å². The molecular formula is C14H22N2O3. The minimum Gasteiger partial charge on any atom is -0.477 e. The minimum atomic E-state index is -0.851. The molecule has 0 aromatic rings. The first-order valence-electron chi connectivity index (χ1n) is 6.98. The molecule has 2 atom stereocenters. The van der Waals surface area contributed by atoms with Crippen LogP contribution in [0.4, 0.5) is 4.79 Å². The zero-order valence-corrected chi connectivity index (χ0v) is 11.6. The number of rotatable bonds is 7. The van der Waals surface area contributed by atoms with Gasteiger partial charge in [0.25, 0.3) is 0 Å². The first-order valence-corrected chi connectivity index (χ1v) is 6.98. The van der Waals surface area contributed by atoms with Crippen LogP contribution in [0.1, 0.15) is 33.1 Å². The van der Waals surface area contributed by atoms with Crippen molar-refractivity contribution in [2.24, 2.45) is 0 Å². The van der Waals surface area contributed by atoms with Gasteiger partial charge in [0.2, 0.25) is 11.8 Å². The Morgan fingerprint density at radius 2 is 2.32 bits per heavy atom. The summed E-state index contributed by atoms with van der Waals surface area (Å²) >= 11 is 0. The topological polar surface area (TPSA) is 62.9 Å². The molecule has 0 aromatic carbocycles. The Balaban J connectivity index is 1.93. The fraction of sp³-hybridized carbons (Fsp3) is 0.643. The van der Waals surface area contributed by atoms with E-state index in [4.69, 9.17) is 9.47 Å². The molecule has 2 unspecified atom stereocenters. The van der Waals surface area contributed by atoms with Gasteiger partial charge in [-0.1, -0.05) is 26.3 Å². The van der Waals surface area contributed by atoms with Gasteiger partial charge in [0.05, 0.1) is 0 Å². The highest BCUT2D eigenvalue weighted by Gasteiger charge is 2.54. The molecule has 1 aliphatic carbocycles. The number of hydrogen-bond acceptors (Lipinski definition) is 3. The summed E-state index contributed by atoms with van der Waals surface area (Å²) in [5.74, 6) is 0.868. The van der Waals surface area contributed by atoms with Crippen LogP contribution in [-0.4, -0.2) is 31.0 Å². The van der Waals surface area contributed by atoms with Crippen LogP contribution in [0.5, 0.6) is 0 Å². The molecular weight excluding hydrogens is 244 g/mol. The summed E-state index contributed by atoms with van der Waals surface area (Å²) in [4.78, 5) is 11.9. The number of urea groups is 1. The summed E-state index contributed by atoms with van der Waals surface area (Å²) in [5, 5.41) is 5.72. The molecule has 1 saturated heterocycles. The third-order valence-electron chi connectivity index (χ3n) is 3.12. The number of carbonyl (C=O) groups is 1. The van der Waals surface area contributed by atoms with E-state index in [0.29, 0.717) is 13.2 Å². The van der Waals surface area contributed by atoms with E-state index in [2.05, 4.69) is 17.6 Å². The highest BCUT2D eigenvalue weighted by molar-refractivity contribution is 5.75. The summed E-state index contributed by atoms with van der Waals surface area (Å²) in [6.07, 6.45) is 8.34. The maximum atomic E-state index is 11.9. The molecule has 5 heteroatoms. The van der Waals surface area contributed by atoms with Crippen LogP contribution < -0.4 is 10.6 Å². The van der Waals surface area contributed by atoms with Gasteiger partial charge in [0.1, 0.15) is 5.76 Å². The van der Waals surface area contributed by atoms with Crippen molar-refractivity contribution in [1.29, 1.82) is 0 Å². The molecule has 0 radical (unpaired) electrons. The lowest BCUT2D eigenvalue weighted by Crippen LogP contribution is -2.56. The third-order valence-corrected chi connectivity index (χ3v) is 3.12. The van der Waals surface area contributed by atoms with Gasteiger partial charge in [-0.25, -0.2) is 4.79 Å². The van der Waals surface area contributed by atoms with Crippen molar-refractivity contribution in [2.75, 3.05) is 13.2 Å². The SMILES string of the molecule is CCCCNC(=O)NC1(OCCC)C=CC=C2OC21. The van der Waals surface area contributed by atoms with Crippen molar-refractivity contribution < 1.29 is 14.3 Å². The number of carbonyl (C=O) groups excluding carboxylic acids is 1. The van der Waals surface area contributed by atoms with Gasteiger partial charge in [0.15, 0.2) is 0 Å². The molecule has 5 nitrogen and oxygen atoms in total. The molecule has 0 aromatic heterocycles. The Kier molecular flexibility index (Phi) is 4.47. The number of amides is 2. The Labute approximate surface area is 114 Å². The number of epoxide rings is 1. The van der Waals surface area contributed by atoms with Crippen molar-refractivity contribution in [3.05, 3.63) is 24.0 Å². The molecule has 2 aliphatic rings. The molecule has 106 valence electrons. The molecule has 1 heterocycles. The Morgan fingerprint density at radius 1 is 1.47 bits per heavy atom. The Bertz CT molecular complexity index is 392. The predicted octanol–water partition coefficient (Wildman–Crippen LogP) is 2.06. The predicted molar refractivity (Wildman–Crippen MR) is 72.5 cm³/mol. The molecule has 2 rings (SSSR count). The van der Waals surface area contributed by atoms with E-state index in [1.54, 1.807) is 0 Å². The van der Waals surface area contributed by atoms with E-state index in [-0.39, 0.29) is 12.1 Å². The van der Waals surface area contributed by atoms with Gasteiger partial charge in [-0.3, -0.25) is 0 Å². The van der Waals surface area contributed by atoms with E-state index in [0.717, 1.165) is 25.0 Å². The van der Waals surface area contributed by atoms with Gasteiger partial charge in [-0.15, -0.1) is 0 Å². The van der Waals surface area contributed by atoms with E-state index < -0.39 is 5.72 Å². The van der Waals surface area contributed by atoms with Crippen molar-refractivity contribution >= 4 is 6.03 Å². The van der Waals surface area contributed by atoms with Gasteiger partial charge in [-0.2, -0.15) is 0 Å². The lowest BCUT2D eigenvalue weighted by molar-refractivity contribution is -0.0428. The second-order valence-electron chi connectivity index (χ2n) is 4.80. The smallest absolute Gasteiger partial charge is 0.317 e. The van der Waals surface area contributed by atoms with Gasteiger partial charge < -0.3 is 20.1 Å². The van der Waals surface area contributed by atoms with E-state index in [9.17, 15) is 4.79 Å². The van der Waals surface area contributed by atoms with Crippen LogP contribution >= 0.6 is 0 Å². The normalized spacial score (nSPS) is 27.1. The zero-order chi connectivity index (χ0) is 13.7. The average molecular weight is 266 g/mol. The van der Waals surface area contributed by atoms with E-state index in [1.807, 2.05) is 25.2 Å². The molecule has 1 fully saturated rings. The number of ether oxygens (including phenoxy) is 2. The monoisotopic (exact) mass is 266 g/mol. The van der Waals surface area contributed by atoms with Crippen LogP contribution in [0.2, 0.25) is 0 Å². The molecule has 0 saturated carbocycles. The summed E-state index contributed by atoms with van der Waals surface area (Å²) in [5.41, 5.74) is -0.851. The van der Waals surface area contributed by atoms with E-state index in [1.165, 1.54) is 0 Å². The third kappa shape index (κ3) is 3.29. The Hall–Kier alpha value is -1.49. The molecule has 0 bridgehead atoms. The van der Waals surface area contributed by atoms with Crippen molar-refractivity contribution in [3.8, 4) is 0 Å². The second-order valence-corrected chi connectivity index (χ2v) is 4.80. The quantitative estimate of drug-likeness (QED) is 0.421. The fourth-order valence-corrected chi connectivity index (χ4v) is 2.04. The van der Waals surface area contributed by atoms with Crippen molar-refractivity contribution in [1.82, 2.24) is 10.6 Å². The minimum absolute atomic E-state index is 0.180. The van der Waals surface area contributed by atoms with Crippen molar-refractivity contribution in [2.45, 2.75) is 44.9 Å². The summed E-state index contributed by atoms with van der Waals surface area (Å²) in [6.45, 7) is 5.37. The summed E-state index contributed by atoms with van der Waals surface area (Å²) < 4.78 is 11.3. The maximum Gasteiger partial charge on any atom is 0.317 e. The van der Waals surface area contributed by atoms with Crippen LogP contribution in [0, 0.1) is 0 Å². The largest absolute Gasteiger partial charge is 0.477 e. The second kappa shape index (κ2) is 6.10. The number of unbranched alkanes of at least 4 members (excludes halogenated alkanes) is 1. The van der Waals surface area contributed by atoms with Gasteiger partial charge in [-0.05, 0) is 25.0 Å². The van der Waals surface area contributed by atoms with Crippen molar-refractivity contribution in [3.63, 3.8) is 0 Å². The first-order chi connectivity index (χ1) is 9.22. The fourth-order valence-electron chi connectivity index (χ4n) is 2.04.